The molecule has 61 heavy (non-hydrogen) atoms. The van der Waals surface area contributed by atoms with Gasteiger partial charge in [0.2, 0.25) is 0 Å². The molecular formula is C45H51N7O5S4. The Morgan fingerprint density at radius 1 is 0.820 bits per heavy atom. The van der Waals surface area contributed by atoms with Crippen molar-refractivity contribution in [2.24, 2.45) is 0 Å². The summed E-state index contributed by atoms with van der Waals surface area (Å²) in [7, 11) is -4.51. The smallest absolute Gasteiger partial charge is 0.407 e. The van der Waals surface area contributed by atoms with E-state index in [4.69, 9.17) is 4.74 Å². The monoisotopic (exact) mass is 897 g/mol. The Balaban J connectivity index is 0.744. The zero-order chi connectivity index (χ0) is 42.3. The molecule has 320 valence electrons. The fourth-order valence-corrected chi connectivity index (χ4v) is 13.7. The standard InChI is InChI=1S/C45H51N7O5S4/c1-26-22-43(51-49-26)46-31-11-17-36(41(23-31)60(54)34-13-14-34)39-21-20-38(59-39)29-6-9-30(10-7-29)48-45(53)57-27(2)4-8-33-25-44(52-50-33)47-32-12-18-37(40-19-5-28(3)58-40)42(24-32)61(55,56)35-15-16-35/h5,11-12,17-25,27,29-30,34-35H,4,6-10,13-16H2,1-3H3,(H,48,53)(H2,46,49,51)(H2,47,50,52). The molecule has 0 spiro atoms. The van der Waals surface area contributed by atoms with Crippen LogP contribution in [0.25, 0.3) is 20.9 Å². The van der Waals surface area contributed by atoms with Crippen molar-refractivity contribution in [1.29, 1.82) is 0 Å². The summed E-state index contributed by atoms with van der Waals surface area (Å²) in [5.74, 6) is 1.73. The van der Waals surface area contributed by atoms with Crippen molar-refractivity contribution in [3.8, 4) is 20.9 Å². The number of alkyl carbamates (subject to hydrolysis) is 1. The van der Waals surface area contributed by atoms with Crippen LogP contribution in [0.2, 0.25) is 0 Å². The number of aromatic amines is 2. The maximum Gasteiger partial charge on any atom is 0.407 e. The van der Waals surface area contributed by atoms with Crippen LogP contribution in [0.15, 0.2) is 82.6 Å². The van der Waals surface area contributed by atoms with Gasteiger partial charge in [-0.25, -0.2) is 13.2 Å². The summed E-state index contributed by atoms with van der Waals surface area (Å²) in [6, 6.07) is 23.9. The molecule has 5 N–H and O–H groups in total. The number of anilines is 4. The van der Waals surface area contributed by atoms with Gasteiger partial charge >= 0.3 is 6.09 Å². The first-order valence-corrected chi connectivity index (χ1v) is 25.5. The normalized spacial score (nSPS) is 19.0. The molecular weight excluding hydrogens is 847 g/mol. The topological polar surface area (TPSA) is 171 Å². The van der Waals surface area contributed by atoms with Gasteiger partial charge in [0.05, 0.1) is 20.9 Å². The number of thiophene rings is 2. The number of aromatic nitrogens is 4. The van der Waals surface area contributed by atoms with Gasteiger partial charge in [0.1, 0.15) is 6.10 Å². The molecule has 3 fully saturated rings. The number of H-pyrrole nitrogens is 2. The zero-order valence-corrected chi connectivity index (χ0v) is 37.7. The molecule has 3 aliphatic rings. The fraction of sp³-hybridized carbons (Fsp3) is 0.400. The maximum atomic E-state index is 13.6. The van der Waals surface area contributed by atoms with Gasteiger partial charge in [-0.3, -0.25) is 14.4 Å². The average Bonchev–Trinajstić information content (AvgIpc) is 4.09. The molecule has 0 bridgehead atoms. The lowest BCUT2D eigenvalue weighted by Crippen LogP contribution is -2.38. The number of sulfone groups is 1. The summed E-state index contributed by atoms with van der Waals surface area (Å²) in [5, 5.41) is 24.4. The number of hydrogen-bond donors (Lipinski definition) is 5. The van der Waals surface area contributed by atoms with Crippen molar-refractivity contribution >= 4 is 72.4 Å². The Bertz CT molecular complexity index is 2670. The van der Waals surface area contributed by atoms with E-state index in [1.54, 1.807) is 28.7 Å². The lowest BCUT2D eigenvalue weighted by molar-refractivity contribution is 0.0969. The first-order valence-electron chi connectivity index (χ1n) is 21.1. The molecule has 3 aliphatic carbocycles. The molecule has 2 aromatic carbocycles. The number of aryl methyl sites for hydroxylation is 3. The van der Waals surface area contributed by atoms with E-state index in [0.717, 1.165) is 92.1 Å². The Labute approximate surface area is 367 Å². The summed E-state index contributed by atoms with van der Waals surface area (Å²) in [5.41, 5.74) is 5.16. The van der Waals surface area contributed by atoms with Crippen molar-refractivity contribution in [2.45, 2.75) is 123 Å². The lowest BCUT2D eigenvalue weighted by Gasteiger charge is -2.28. The number of hydrogen-bond acceptors (Lipinski definition) is 11. The number of benzene rings is 2. The molecule has 0 aliphatic heterocycles. The Hall–Kier alpha value is -4.77. The van der Waals surface area contributed by atoms with Crippen molar-refractivity contribution in [3.05, 3.63) is 93.9 Å². The molecule has 1 amide bonds. The van der Waals surface area contributed by atoms with E-state index in [1.807, 2.05) is 69.3 Å². The predicted octanol–water partition coefficient (Wildman–Crippen LogP) is 10.7. The van der Waals surface area contributed by atoms with Gasteiger partial charge in [0, 0.05) is 81.7 Å². The minimum absolute atomic E-state index is 0.0609. The number of nitrogens with one attached hydrogen (secondary N) is 5. The molecule has 0 saturated heterocycles. The van der Waals surface area contributed by atoms with Crippen LogP contribution >= 0.6 is 22.7 Å². The molecule has 2 unspecified atom stereocenters. The highest BCUT2D eigenvalue weighted by molar-refractivity contribution is 7.92. The zero-order valence-electron chi connectivity index (χ0n) is 34.5. The Morgan fingerprint density at radius 2 is 1.51 bits per heavy atom. The third-order valence-corrected chi connectivity index (χ3v) is 18.1. The SMILES string of the molecule is Cc1cc(Nc2ccc(-c3ccc(C4CCC(NC(=O)OC(C)CCc5cc(Nc6ccc(-c7ccc(C)s7)c(S(=O)(=O)C7CC7)c6)n[nH]5)CC4)s3)c(S(=O)C3CC3)c2)n[nH]1. The number of carbonyl (C=O) groups excluding carboxylic acids is 1. The second-order valence-electron chi connectivity index (χ2n) is 16.7. The van der Waals surface area contributed by atoms with Gasteiger partial charge in [0.15, 0.2) is 21.5 Å². The van der Waals surface area contributed by atoms with E-state index in [2.05, 4.69) is 54.5 Å². The third kappa shape index (κ3) is 9.82. The Morgan fingerprint density at radius 3 is 2.20 bits per heavy atom. The second kappa shape index (κ2) is 17.5. The summed E-state index contributed by atoms with van der Waals surface area (Å²) in [6.45, 7) is 5.88. The van der Waals surface area contributed by atoms with Crippen molar-refractivity contribution in [1.82, 2.24) is 25.7 Å². The second-order valence-corrected chi connectivity index (χ2v) is 23.0. The number of rotatable bonds is 16. The Kier molecular flexibility index (Phi) is 12.0. The summed E-state index contributed by atoms with van der Waals surface area (Å²) in [6.07, 6.45) is 7.63. The lowest BCUT2D eigenvalue weighted by atomic mass is 9.85. The first-order chi connectivity index (χ1) is 29.4. The minimum Gasteiger partial charge on any atom is -0.447 e. The van der Waals surface area contributed by atoms with Gasteiger partial charge in [-0.15, -0.1) is 22.7 Å². The van der Waals surface area contributed by atoms with Gasteiger partial charge in [-0.1, -0.05) is 12.1 Å². The molecule has 2 atom stereocenters. The quantitative estimate of drug-likeness (QED) is 0.0634. The largest absolute Gasteiger partial charge is 0.447 e. The number of ether oxygens (including phenoxy) is 1. The van der Waals surface area contributed by atoms with Crippen LogP contribution in [-0.4, -0.2) is 61.8 Å². The van der Waals surface area contributed by atoms with Gasteiger partial charge in [-0.05, 0) is 139 Å². The molecule has 4 aromatic heterocycles. The number of nitrogens with zero attached hydrogens (tertiary/aromatic N) is 2. The van der Waals surface area contributed by atoms with Crippen LogP contribution in [0.4, 0.5) is 27.8 Å². The predicted molar refractivity (Wildman–Crippen MR) is 245 cm³/mol. The highest BCUT2D eigenvalue weighted by Gasteiger charge is 2.39. The molecule has 16 heteroatoms. The number of carbonyl (C=O) groups is 1. The van der Waals surface area contributed by atoms with Gasteiger partial charge < -0.3 is 20.7 Å². The molecule has 6 aromatic rings. The molecule has 9 rings (SSSR count). The molecule has 0 radical (unpaired) electrons. The minimum atomic E-state index is -3.44. The average molecular weight is 898 g/mol. The van der Waals surface area contributed by atoms with Crippen molar-refractivity contribution in [3.63, 3.8) is 0 Å². The maximum absolute atomic E-state index is 13.6. The highest BCUT2D eigenvalue weighted by Crippen LogP contribution is 2.44. The summed E-state index contributed by atoms with van der Waals surface area (Å²) in [4.78, 5) is 18.7. The van der Waals surface area contributed by atoms with Crippen LogP contribution in [-0.2, 0) is 31.8 Å². The first kappa shape index (κ1) is 41.6. The van der Waals surface area contributed by atoms with Crippen LogP contribution < -0.4 is 16.0 Å². The molecule has 12 nitrogen and oxygen atoms in total. The summed E-state index contributed by atoms with van der Waals surface area (Å²) >= 11 is 3.38. The number of amides is 1. The van der Waals surface area contributed by atoms with Crippen LogP contribution in [0.3, 0.4) is 0 Å². The van der Waals surface area contributed by atoms with E-state index in [0.29, 0.717) is 48.0 Å². The van der Waals surface area contributed by atoms with Crippen LogP contribution in [0.1, 0.15) is 91.8 Å². The van der Waals surface area contributed by atoms with Gasteiger partial charge in [0.25, 0.3) is 0 Å². The highest BCUT2D eigenvalue weighted by atomic mass is 32.2. The van der Waals surface area contributed by atoms with E-state index < -0.39 is 26.7 Å². The third-order valence-electron chi connectivity index (χ3n) is 11.6. The van der Waals surface area contributed by atoms with E-state index in [1.165, 1.54) is 4.88 Å². The van der Waals surface area contributed by atoms with E-state index >= 15 is 0 Å². The van der Waals surface area contributed by atoms with Crippen molar-refractivity contribution in [2.75, 3.05) is 10.6 Å². The molecule has 3 saturated carbocycles. The van der Waals surface area contributed by atoms with E-state index in [9.17, 15) is 17.4 Å². The van der Waals surface area contributed by atoms with E-state index in [-0.39, 0.29) is 22.6 Å². The van der Waals surface area contributed by atoms with Gasteiger partial charge in [-0.2, -0.15) is 10.2 Å². The summed E-state index contributed by atoms with van der Waals surface area (Å²) < 4.78 is 46.2. The molecule has 4 heterocycles. The fourth-order valence-electron chi connectivity index (χ4n) is 7.98. The van der Waals surface area contributed by atoms with Crippen molar-refractivity contribution < 1.29 is 22.2 Å². The van der Waals surface area contributed by atoms with Crippen LogP contribution in [0, 0.1) is 13.8 Å². The van der Waals surface area contributed by atoms with Crippen LogP contribution in [0.5, 0.6) is 0 Å².